The summed E-state index contributed by atoms with van der Waals surface area (Å²) in [6.07, 6.45) is 6.64. The molecule has 1 aromatic heterocycles. The highest BCUT2D eigenvalue weighted by Gasteiger charge is 2.31. The maximum atomic E-state index is 8.77. The third-order valence-corrected chi connectivity index (χ3v) is 3.63. The van der Waals surface area contributed by atoms with Crippen LogP contribution in [0.4, 0.5) is 5.82 Å². The molecule has 1 saturated heterocycles. The van der Waals surface area contributed by atoms with Gasteiger partial charge in [0.1, 0.15) is 11.9 Å². The van der Waals surface area contributed by atoms with Crippen molar-refractivity contribution in [2.45, 2.75) is 12.5 Å². The summed E-state index contributed by atoms with van der Waals surface area (Å²) in [6.45, 7) is 2.75. The molecule has 98 valence electrons. The average molecular weight is 256 g/mol. The van der Waals surface area contributed by atoms with E-state index < -0.39 is 0 Å². The molecule has 2 N–H and O–H groups in total. The third kappa shape index (κ3) is 2.26. The summed E-state index contributed by atoms with van der Waals surface area (Å²) in [5, 5.41) is 12.6. The minimum atomic E-state index is 0.414. The number of nitriles is 1. The van der Waals surface area contributed by atoms with Crippen molar-refractivity contribution in [1.82, 2.24) is 15.1 Å². The van der Waals surface area contributed by atoms with Crippen molar-refractivity contribution in [3.05, 3.63) is 36.2 Å². The number of nitrogens with two attached hydrogens (primary N) is 1. The predicted molar refractivity (Wildman–Crippen MR) is 71.4 cm³/mol. The first-order valence-corrected chi connectivity index (χ1v) is 6.36. The molecule has 1 unspecified atom stereocenters. The van der Waals surface area contributed by atoms with Gasteiger partial charge in [0.05, 0.1) is 11.6 Å². The van der Waals surface area contributed by atoms with Gasteiger partial charge in [-0.1, -0.05) is 0 Å². The summed E-state index contributed by atoms with van der Waals surface area (Å²) in [5.41, 5.74) is 0.594. The molecule has 1 aromatic rings. The minimum absolute atomic E-state index is 0.414. The highest BCUT2D eigenvalue weighted by molar-refractivity contribution is 5.43. The minimum Gasteiger partial charge on any atom is -0.355 e. The van der Waals surface area contributed by atoms with Crippen LogP contribution in [0, 0.1) is 11.3 Å². The van der Waals surface area contributed by atoms with Gasteiger partial charge >= 0.3 is 0 Å². The van der Waals surface area contributed by atoms with Gasteiger partial charge in [-0.2, -0.15) is 10.3 Å². The first kappa shape index (κ1) is 12.0. The zero-order valence-corrected chi connectivity index (χ0v) is 10.6. The monoisotopic (exact) mass is 256 g/mol. The van der Waals surface area contributed by atoms with E-state index >= 15 is 0 Å². The second kappa shape index (κ2) is 4.88. The van der Waals surface area contributed by atoms with Crippen LogP contribution in [0.15, 0.2) is 30.6 Å². The summed E-state index contributed by atoms with van der Waals surface area (Å²) < 4.78 is 0. The number of aromatic nitrogens is 1. The predicted octanol–water partition coefficient (Wildman–Crippen LogP) is 0.452. The molecule has 3 heterocycles. The molecule has 0 saturated carbocycles. The van der Waals surface area contributed by atoms with Crippen LogP contribution in [0.1, 0.15) is 12.0 Å². The molecule has 3 rings (SSSR count). The molecule has 0 aliphatic carbocycles. The average Bonchev–Trinajstić information content (AvgIpc) is 3.07. The summed E-state index contributed by atoms with van der Waals surface area (Å²) >= 11 is 0. The largest absolute Gasteiger partial charge is 0.355 e. The molecule has 0 spiro atoms. The zero-order chi connectivity index (χ0) is 13.2. The lowest BCUT2D eigenvalue weighted by Gasteiger charge is -2.30. The number of nitrogens with zero attached hydrogens (tertiary/aromatic N) is 5. The smallest absolute Gasteiger partial charge is 0.128 e. The van der Waals surface area contributed by atoms with E-state index in [0.29, 0.717) is 11.6 Å². The summed E-state index contributed by atoms with van der Waals surface area (Å²) in [6, 6.07) is 6.21. The Hall–Kier alpha value is -2.10. The Bertz CT molecular complexity index is 517. The van der Waals surface area contributed by atoms with Gasteiger partial charge in [0.15, 0.2) is 0 Å². The van der Waals surface area contributed by atoms with Crippen molar-refractivity contribution in [2.75, 3.05) is 24.5 Å². The van der Waals surface area contributed by atoms with E-state index in [4.69, 9.17) is 11.1 Å². The van der Waals surface area contributed by atoms with Gasteiger partial charge in [-0.25, -0.2) is 15.9 Å². The Morgan fingerprint density at radius 2 is 2.32 bits per heavy atom. The van der Waals surface area contributed by atoms with Gasteiger partial charge in [0, 0.05) is 32.0 Å². The van der Waals surface area contributed by atoms with Crippen molar-refractivity contribution >= 4 is 5.82 Å². The fourth-order valence-electron chi connectivity index (χ4n) is 2.61. The molecule has 6 nitrogen and oxygen atoms in total. The van der Waals surface area contributed by atoms with Gasteiger partial charge in [-0.05, 0) is 24.6 Å². The van der Waals surface area contributed by atoms with E-state index in [-0.39, 0.29) is 0 Å². The molecular formula is C13H16N6. The Morgan fingerprint density at radius 3 is 2.95 bits per heavy atom. The van der Waals surface area contributed by atoms with Crippen molar-refractivity contribution < 1.29 is 0 Å². The normalized spacial score (nSPS) is 23.1. The number of hydrogen-bond acceptors (Lipinski definition) is 6. The quantitative estimate of drug-likeness (QED) is 0.775. The van der Waals surface area contributed by atoms with Crippen molar-refractivity contribution in [1.29, 1.82) is 5.26 Å². The van der Waals surface area contributed by atoms with Gasteiger partial charge in [-0.3, -0.25) is 0 Å². The van der Waals surface area contributed by atoms with E-state index in [0.717, 1.165) is 31.9 Å². The van der Waals surface area contributed by atoms with Crippen molar-refractivity contribution in [3.8, 4) is 6.07 Å². The van der Waals surface area contributed by atoms with Crippen LogP contribution in [-0.4, -0.2) is 40.8 Å². The van der Waals surface area contributed by atoms with Crippen LogP contribution in [-0.2, 0) is 0 Å². The lowest BCUT2D eigenvalue weighted by molar-refractivity contribution is 0.0141. The Morgan fingerprint density at radius 1 is 1.42 bits per heavy atom. The van der Waals surface area contributed by atoms with Gasteiger partial charge in [0.25, 0.3) is 0 Å². The molecule has 19 heavy (non-hydrogen) atoms. The van der Waals surface area contributed by atoms with E-state index in [1.165, 1.54) is 0 Å². The Labute approximate surface area is 112 Å². The molecule has 0 bridgehead atoms. The standard InChI is InChI=1S/C13H16N6/c14-8-11-2-3-13(16-9-11)17-7-4-12(10-17)18-5-1-6-19(18)15/h1-3,6,9,12H,4-5,7,10,15H2. The van der Waals surface area contributed by atoms with Crippen LogP contribution in [0.3, 0.4) is 0 Å². The molecule has 6 heteroatoms. The van der Waals surface area contributed by atoms with Crippen LogP contribution in [0.25, 0.3) is 0 Å². The highest BCUT2D eigenvalue weighted by atomic mass is 15.8. The maximum absolute atomic E-state index is 8.77. The van der Waals surface area contributed by atoms with Gasteiger partial charge < -0.3 is 4.90 Å². The number of hydrogen-bond donors (Lipinski definition) is 1. The second-order valence-corrected chi connectivity index (χ2v) is 4.79. The SMILES string of the molecule is N#Cc1ccc(N2CCC(N3CC=CN3N)C2)nc1. The summed E-state index contributed by atoms with van der Waals surface area (Å²) in [7, 11) is 0. The Kier molecular flexibility index (Phi) is 3.07. The molecule has 0 aromatic carbocycles. The molecule has 2 aliphatic heterocycles. The lowest BCUT2D eigenvalue weighted by atomic mass is 10.2. The lowest BCUT2D eigenvalue weighted by Crippen LogP contribution is -2.47. The number of pyridine rings is 1. The molecule has 1 fully saturated rings. The number of hydrazine groups is 2. The number of rotatable bonds is 2. The Balaban J connectivity index is 1.66. The first-order valence-electron chi connectivity index (χ1n) is 6.36. The van der Waals surface area contributed by atoms with E-state index in [1.54, 1.807) is 11.3 Å². The van der Waals surface area contributed by atoms with Crippen LogP contribution in [0.2, 0.25) is 0 Å². The fraction of sp³-hybridized carbons (Fsp3) is 0.385. The third-order valence-electron chi connectivity index (χ3n) is 3.63. The molecule has 0 amide bonds. The first-order chi connectivity index (χ1) is 9.28. The van der Waals surface area contributed by atoms with Crippen molar-refractivity contribution in [3.63, 3.8) is 0 Å². The van der Waals surface area contributed by atoms with Crippen molar-refractivity contribution in [2.24, 2.45) is 5.84 Å². The maximum Gasteiger partial charge on any atom is 0.128 e. The van der Waals surface area contributed by atoms with E-state index in [2.05, 4.69) is 27.0 Å². The van der Waals surface area contributed by atoms with Crippen LogP contribution < -0.4 is 10.7 Å². The zero-order valence-electron chi connectivity index (χ0n) is 10.6. The van der Waals surface area contributed by atoms with Gasteiger partial charge in [-0.15, -0.1) is 0 Å². The fourth-order valence-corrected chi connectivity index (χ4v) is 2.61. The molecule has 0 radical (unpaired) electrons. The number of anilines is 1. The molecule has 2 aliphatic rings. The molecular weight excluding hydrogens is 240 g/mol. The summed E-state index contributed by atoms with van der Waals surface area (Å²) in [5.74, 6) is 6.81. The van der Waals surface area contributed by atoms with Crippen LogP contribution in [0.5, 0.6) is 0 Å². The highest BCUT2D eigenvalue weighted by Crippen LogP contribution is 2.23. The summed E-state index contributed by atoms with van der Waals surface area (Å²) in [4.78, 5) is 6.57. The second-order valence-electron chi connectivity index (χ2n) is 4.79. The molecule has 1 atom stereocenters. The van der Waals surface area contributed by atoms with Crippen LogP contribution >= 0.6 is 0 Å². The topological polar surface area (TPSA) is 72.4 Å². The van der Waals surface area contributed by atoms with E-state index in [9.17, 15) is 0 Å². The van der Waals surface area contributed by atoms with Gasteiger partial charge in [0.2, 0.25) is 0 Å². The van der Waals surface area contributed by atoms with E-state index in [1.807, 2.05) is 18.3 Å².